The van der Waals surface area contributed by atoms with Crippen LogP contribution in [-0.2, 0) is 9.53 Å². The fraction of sp³-hybridized carbons (Fsp3) is 0.750. The number of carbonyl (C=O) groups is 1. The predicted octanol–water partition coefficient (Wildman–Crippen LogP) is 2.91. The first-order valence-electron chi connectivity index (χ1n) is 5.36. The van der Waals surface area contributed by atoms with E-state index < -0.39 is 0 Å². The molecule has 2 heteroatoms. The van der Waals surface area contributed by atoms with Crippen LogP contribution in [0.1, 0.15) is 52.4 Å². The van der Waals surface area contributed by atoms with Crippen molar-refractivity contribution >= 4 is 5.97 Å². The zero-order valence-electron chi connectivity index (χ0n) is 9.27. The Labute approximate surface area is 87.0 Å². The molecule has 0 aromatic heterocycles. The summed E-state index contributed by atoms with van der Waals surface area (Å²) < 4.78 is 4.88. The molecule has 0 saturated carbocycles. The van der Waals surface area contributed by atoms with Crippen LogP contribution in [0, 0.1) is 11.8 Å². The molecule has 80 valence electrons. The van der Waals surface area contributed by atoms with Crippen LogP contribution in [0.3, 0.4) is 0 Å². The minimum atomic E-state index is -0.121. The van der Waals surface area contributed by atoms with Gasteiger partial charge >= 0.3 is 5.97 Å². The largest absolute Gasteiger partial charge is 0.452 e. The smallest absolute Gasteiger partial charge is 0.306 e. The highest BCUT2D eigenvalue weighted by Gasteiger charge is 2.00. The molecule has 0 N–H and O–H groups in total. The summed E-state index contributed by atoms with van der Waals surface area (Å²) in [6.07, 6.45) is 6.32. The third-order valence-electron chi connectivity index (χ3n) is 1.97. The quantitative estimate of drug-likeness (QED) is 0.355. The minimum absolute atomic E-state index is 0.121. The monoisotopic (exact) mass is 196 g/mol. The molecule has 0 aliphatic carbocycles. The molecule has 0 rings (SSSR count). The highest BCUT2D eigenvalue weighted by molar-refractivity contribution is 5.69. The SMILES string of the molecule is CC#CCOC(=O)CCCCCCC. The van der Waals surface area contributed by atoms with Gasteiger partial charge in [0, 0.05) is 6.42 Å². The normalized spacial score (nSPS) is 9.00. The Bertz CT molecular complexity index is 198. The molecular formula is C12H20O2. The summed E-state index contributed by atoms with van der Waals surface area (Å²) in [6, 6.07) is 0. The van der Waals surface area contributed by atoms with Gasteiger partial charge < -0.3 is 4.74 Å². The fourth-order valence-corrected chi connectivity index (χ4v) is 1.13. The standard InChI is InChI=1S/C12H20O2/c1-3-5-7-8-9-10-12(13)14-11-6-4-2/h3,5,7-11H2,1-2H3. The number of carbonyl (C=O) groups excluding carboxylic acids is 1. The Kier molecular flexibility index (Phi) is 9.41. The van der Waals surface area contributed by atoms with Gasteiger partial charge in [0.15, 0.2) is 6.61 Å². The summed E-state index contributed by atoms with van der Waals surface area (Å²) in [5, 5.41) is 0. The van der Waals surface area contributed by atoms with Crippen molar-refractivity contribution in [2.45, 2.75) is 52.4 Å². The summed E-state index contributed by atoms with van der Waals surface area (Å²) in [7, 11) is 0. The Morgan fingerprint density at radius 2 is 1.93 bits per heavy atom. The number of hydrogen-bond donors (Lipinski definition) is 0. The maximum absolute atomic E-state index is 11.1. The van der Waals surface area contributed by atoms with Crippen molar-refractivity contribution in [3.05, 3.63) is 0 Å². The second kappa shape index (κ2) is 10.1. The Morgan fingerprint density at radius 1 is 1.21 bits per heavy atom. The molecular weight excluding hydrogens is 176 g/mol. The van der Waals surface area contributed by atoms with Crippen molar-refractivity contribution in [2.24, 2.45) is 0 Å². The Morgan fingerprint density at radius 3 is 2.57 bits per heavy atom. The third kappa shape index (κ3) is 9.12. The first kappa shape index (κ1) is 13.0. The van der Waals surface area contributed by atoms with E-state index in [4.69, 9.17) is 4.74 Å². The highest BCUT2D eigenvalue weighted by Crippen LogP contribution is 2.05. The first-order chi connectivity index (χ1) is 6.81. The van der Waals surface area contributed by atoms with Crippen LogP contribution in [0.5, 0.6) is 0 Å². The lowest BCUT2D eigenvalue weighted by molar-refractivity contribution is -0.142. The van der Waals surface area contributed by atoms with Gasteiger partial charge in [-0.2, -0.15) is 0 Å². The van der Waals surface area contributed by atoms with E-state index in [9.17, 15) is 4.79 Å². The van der Waals surface area contributed by atoms with E-state index in [0.717, 1.165) is 12.8 Å². The number of hydrogen-bond acceptors (Lipinski definition) is 2. The van der Waals surface area contributed by atoms with E-state index in [1.165, 1.54) is 19.3 Å². The van der Waals surface area contributed by atoms with Gasteiger partial charge in [0.2, 0.25) is 0 Å². The van der Waals surface area contributed by atoms with E-state index in [1.54, 1.807) is 6.92 Å². The van der Waals surface area contributed by atoms with E-state index in [1.807, 2.05) is 0 Å². The first-order valence-corrected chi connectivity index (χ1v) is 5.36. The van der Waals surface area contributed by atoms with Crippen LogP contribution >= 0.6 is 0 Å². The van der Waals surface area contributed by atoms with Crippen LogP contribution in [0.25, 0.3) is 0 Å². The summed E-state index contributed by atoms with van der Waals surface area (Å²) in [6.45, 7) is 4.15. The second-order valence-corrected chi connectivity index (χ2v) is 3.25. The number of esters is 1. The van der Waals surface area contributed by atoms with Crippen LogP contribution < -0.4 is 0 Å². The van der Waals surface area contributed by atoms with Crippen LogP contribution in [0.2, 0.25) is 0 Å². The second-order valence-electron chi connectivity index (χ2n) is 3.25. The molecule has 0 bridgehead atoms. The van der Waals surface area contributed by atoms with Crippen LogP contribution in [-0.4, -0.2) is 12.6 Å². The van der Waals surface area contributed by atoms with Crippen molar-refractivity contribution in [2.75, 3.05) is 6.61 Å². The highest BCUT2D eigenvalue weighted by atomic mass is 16.5. The van der Waals surface area contributed by atoms with E-state index in [-0.39, 0.29) is 12.6 Å². The van der Waals surface area contributed by atoms with Crippen LogP contribution in [0.15, 0.2) is 0 Å². The van der Waals surface area contributed by atoms with Crippen molar-refractivity contribution in [3.8, 4) is 11.8 Å². The molecule has 0 spiro atoms. The number of rotatable bonds is 7. The molecule has 0 fully saturated rings. The molecule has 0 aromatic rings. The molecule has 0 saturated heterocycles. The fourth-order valence-electron chi connectivity index (χ4n) is 1.13. The van der Waals surface area contributed by atoms with Crippen molar-refractivity contribution in [1.29, 1.82) is 0 Å². The summed E-state index contributed by atoms with van der Waals surface area (Å²) in [5.41, 5.74) is 0. The van der Waals surface area contributed by atoms with E-state index in [0.29, 0.717) is 6.42 Å². The maximum Gasteiger partial charge on any atom is 0.306 e. The number of unbranched alkanes of at least 4 members (excludes halogenated alkanes) is 4. The van der Waals surface area contributed by atoms with Gasteiger partial charge in [0.1, 0.15) is 0 Å². The molecule has 0 amide bonds. The molecule has 0 aromatic carbocycles. The average molecular weight is 196 g/mol. The lowest BCUT2D eigenvalue weighted by Crippen LogP contribution is -2.04. The van der Waals surface area contributed by atoms with Gasteiger partial charge in [-0.05, 0) is 13.3 Å². The van der Waals surface area contributed by atoms with Crippen LogP contribution in [0.4, 0.5) is 0 Å². The van der Waals surface area contributed by atoms with Gasteiger partial charge in [-0.25, -0.2) is 0 Å². The molecule has 0 heterocycles. The van der Waals surface area contributed by atoms with Gasteiger partial charge in [0.05, 0.1) is 0 Å². The molecule has 0 radical (unpaired) electrons. The minimum Gasteiger partial charge on any atom is -0.452 e. The van der Waals surface area contributed by atoms with Crippen molar-refractivity contribution in [3.63, 3.8) is 0 Å². The van der Waals surface area contributed by atoms with Crippen molar-refractivity contribution in [1.82, 2.24) is 0 Å². The molecule has 0 aliphatic heterocycles. The van der Waals surface area contributed by atoms with Gasteiger partial charge in [0.25, 0.3) is 0 Å². The molecule has 14 heavy (non-hydrogen) atoms. The summed E-state index contributed by atoms with van der Waals surface area (Å²) in [5.74, 6) is 5.26. The Balaban J connectivity index is 3.21. The predicted molar refractivity (Wildman–Crippen MR) is 57.8 cm³/mol. The van der Waals surface area contributed by atoms with Gasteiger partial charge in [-0.3, -0.25) is 4.79 Å². The molecule has 0 aliphatic rings. The number of ether oxygens (including phenoxy) is 1. The van der Waals surface area contributed by atoms with Crippen molar-refractivity contribution < 1.29 is 9.53 Å². The van der Waals surface area contributed by atoms with Gasteiger partial charge in [-0.15, -0.1) is 5.92 Å². The summed E-state index contributed by atoms with van der Waals surface area (Å²) in [4.78, 5) is 11.1. The maximum atomic E-state index is 11.1. The molecule has 0 atom stereocenters. The molecule has 0 unspecified atom stereocenters. The zero-order chi connectivity index (χ0) is 10.6. The molecule has 2 nitrogen and oxygen atoms in total. The topological polar surface area (TPSA) is 26.3 Å². The third-order valence-corrected chi connectivity index (χ3v) is 1.97. The van der Waals surface area contributed by atoms with E-state index >= 15 is 0 Å². The lowest BCUT2D eigenvalue weighted by atomic mass is 10.1. The summed E-state index contributed by atoms with van der Waals surface area (Å²) >= 11 is 0. The Hall–Kier alpha value is -0.970. The average Bonchev–Trinajstić information content (AvgIpc) is 2.18. The van der Waals surface area contributed by atoms with E-state index in [2.05, 4.69) is 18.8 Å². The lowest BCUT2D eigenvalue weighted by Gasteiger charge is -2.00. The van der Waals surface area contributed by atoms with Gasteiger partial charge in [-0.1, -0.05) is 38.5 Å². The zero-order valence-corrected chi connectivity index (χ0v) is 9.27.